The van der Waals surface area contributed by atoms with Crippen molar-refractivity contribution < 1.29 is 9.47 Å². The third-order valence-electron chi connectivity index (χ3n) is 3.55. The number of rotatable bonds is 6. The van der Waals surface area contributed by atoms with Crippen molar-refractivity contribution in [1.29, 1.82) is 5.26 Å². The van der Waals surface area contributed by atoms with E-state index in [1.54, 1.807) is 30.5 Å². The molecule has 0 saturated heterocycles. The Balaban J connectivity index is 1.53. The van der Waals surface area contributed by atoms with Crippen LogP contribution in [0.25, 0.3) is 11.3 Å². The van der Waals surface area contributed by atoms with Gasteiger partial charge in [0.25, 0.3) is 0 Å². The molecule has 0 saturated carbocycles. The zero-order chi connectivity index (χ0) is 16.8. The predicted octanol–water partition coefficient (Wildman–Crippen LogP) is 3.42. The van der Waals surface area contributed by atoms with Crippen molar-refractivity contribution in [2.45, 2.75) is 0 Å². The van der Waals surface area contributed by atoms with E-state index >= 15 is 0 Å². The van der Waals surface area contributed by atoms with Crippen LogP contribution in [0, 0.1) is 11.3 Å². The first kappa shape index (κ1) is 15.6. The molecule has 3 aromatic rings. The summed E-state index contributed by atoms with van der Waals surface area (Å²) in [7, 11) is 1.91. The van der Waals surface area contributed by atoms with Crippen LogP contribution >= 0.6 is 0 Å². The summed E-state index contributed by atoms with van der Waals surface area (Å²) in [4.78, 5) is 0. The molecule has 0 radical (unpaired) electrons. The highest BCUT2D eigenvalue weighted by atomic mass is 16.5. The summed E-state index contributed by atoms with van der Waals surface area (Å²) in [5, 5.41) is 12.9. The molecule has 0 aliphatic heterocycles. The van der Waals surface area contributed by atoms with Crippen molar-refractivity contribution in [1.82, 2.24) is 9.78 Å². The molecule has 0 atom stereocenters. The first-order chi connectivity index (χ1) is 11.8. The summed E-state index contributed by atoms with van der Waals surface area (Å²) in [6.45, 7) is 0.872. The van der Waals surface area contributed by atoms with Crippen LogP contribution in [0.5, 0.6) is 11.5 Å². The van der Waals surface area contributed by atoms with Crippen molar-refractivity contribution in [2.75, 3.05) is 13.2 Å². The summed E-state index contributed by atoms with van der Waals surface area (Å²) < 4.78 is 13.2. The number of hydrogen-bond acceptors (Lipinski definition) is 4. The van der Waals surface area contributed by atoms with E-state index in [4.69, 9.17) is 14.7 Å². The molecule has 0 aliphatic carbocycles. The van der Waals surface area contributed by atoms with E-state index in [1.807, 2.05) is 42.1 Å². The molecule has 5 heteroatoms. The van der Waals surface area contributed by atoms with Gasteiger partial charge in [0.15, 0.2) is 0 Å². The first-order valence-corrected chi connectivity index (χ1v) is 7.60. The van der Waals surface area contributed by atoms with Crippen molar-refractivity contribution in [3.8, 4) is 28.8 Å². The Morgan fingerprint density at radius 3 is 2.42 bits per heavy atom. The van der Waals surface area contributed by atoms with Crippen molar-refractivity contribution >= 4 is 0 Å². The van der Waals surface area contributed by atoms with Crippen LogP contribution in [0.4, 0.5) is 0 Å². The predicted molar refractivity (Wildman–Crippen MR) is 90.8 cm³/mol. The van der Waals surface area contributed by atoms with Gasteiger partial charge < -0.3 is 9.47 Å². The molecule has 1 aromatic heterocycles. The Hall–Kier alpha value is -3.26. The van der Waals surface area contributed by atoms with Gasteiger partial charge in [-0.3, -0.25) is 4.68 Å². The fourth-order valence-electron chi connectivity index (χ4n) is 2.35. The molecule has 0 spiro atoms. The molecule has 0 amide bonds. The highest BCUT2D eigenvalue weighted by Crippen LogP contribution is 2.23. The van der Waals surface area contributed by atoms with Gasteiger partial charge in [-0.1, -0.05) is 12.1 Å². The zero-order valence-corrected chi connectivity index (χ0v) is 13.3. The minimum Gasteiger partial charge on any atom is -0.490 e. The third-order valence-corrected chi connectivity index (χ3v) is 3.55. The van der Waals surface area contributed by atoms with Gasteiger partial charge in [0.05, 0.1) is 17.3 Å². The minimum atomic E-state index is 0.432. The van der Waals surface area contributed by atoms with Crippen molar-refractivity contribution in [2.24, 2.45) is 7.05 Å². The summed E-state index contributed by atoms with van der Waals surface area (Å²) in [5.41, 5.74) is 2.71. The monoisotopic (exact) mass is 319 g/mol. The molecule has 0 aliphatic rings. The molecule has 0 bridgehead atoms. The summed E-state index contributed by atoms with van der Waals surface area (Å²) in [6, 6.07) is 18.9. The third kappa shape index (κ3) is 3.73. The number of nitriles is 1. The van der Waals surface area contributed by atoms with Gasteiger partial charge >= 0.3 is 0 Å². The first-order valence-electron chi connectivity index (χ1n) is 7.60. The Morgan fingerprint density at radius 1 is 1.00 bits per heavy atom. The number of aromatic nitrogens is 2. The lowest BCUT2D eigenvalue weighted by Gasteiger charge is -2.10. The van der Waals surface area contributed by atoms with E-state index in [-0.39, 0.29) is 0 Å². The normalized spacial score (nSPS) is 10.2. The molecular weight excluding hydrogens is 302 g/mol. The van der Waals surface area contributed by atoms with Crippen molar-refractivity contribution in [3.63, 3.8) is 0 Å². The molecule has 0 unspecified atom stereocenters. The van der Waals surface area contributed by atoms with E-state index in [0.29, 0.717) is 18.8 Å². The molecule has 0 fully saturated rings. The van der Waals surface area contributed by atoms with Crippen LogP contribution in [-0.2, 0) is 7.05 Å². The SMILES string of the molecule is Cn1nccc1-c1cccc(OCCOc2ccc(C#N)cc2)c1. The van der Waals surface area contributed by atoms with Crippen LogP contribution in [0.1, 0.15) is 5.56 Å². The summed E-state index contributed by atoms with van der Waals surface area (Å²) in [5.74, 6) is 1.51. The Kier molecular flexibility index (Phi) is 4.78. The number of aryl methyl sites for hydroxylation is 1. The van der Waals surface area contributed by atoms with Crippen LogP contribution in [0.2, 0.25) is 0 Å². The van der Waals surface area contributed by atoms with E-state index in [1.165, 1.54) is 0 Å². The second kappa shape index (κ2) is 7.34. The lowest BCUT2D eigenvalue weighted by molar-refractivity contribution is 0.217. The molecule has 3 rings (SSSR count). The van der Waals surface area contributed by atoms with Crippen molar-refractivity contribution in [3.05, 3.63) is 66.4 Å². The van der Waals surface area contributed by atoms with E-state index < -0.39 is 0 Å². The molecular formula is C19H17N3O2. The fourth-order valence-corrected chi connectivity index (χ4v) is 2.35. The smallest absolute Gasteiger partial charge is 0.122 e. The molecule has 0 N–H and O–H groups in total. The topological polar surface area (TPSA) is 60.1 Å². The summed E-state index contributed by atoms with van der Waals surface area (Å²) >= 11 is 0. The van der Waals surface area contributed by atoms with Gasteiger partial charge in [0.2, 0.25) is 0 Å². The van der Waals surface area contributed by atoms with Crippen LogP contribution in [0.15, 0.2) is 60.8 Å². The van der Waals surface area contributed by atoms with Crippen LogP contribution in [0.3, 0.4) is 0 Å². The van der Waals surface area contributed by atoms with E-state index in [9.17, 15) is 0 Å². The van der Waals surface area contributed by atoms with Gasteiger partial charge in [-0.2, -0.15) is 10.4 Å². The number of nitrogens with zero attached hydrogens (tertiary/aromatic N) is 3. The molecule has 120 valence electrons. The second-order valence-corrected chi connectivity index (χ2v) is 5.20. The zero-order valence-electron chi connectivity index (χ0n) is 13.3. The minimum absolute atomic E-state index is 0.432. The Morgan fingerprint density at radius 2 is 1.75 bits per heavy atom. The number of ether oxygens (including phenoxy) is 2. The molecule has 2 aromatic carbocycles. The quantitative estimate of drug-likeness (QED) is 0.653. The average Bonchev–Trinajstić information content (AvgIpc) is 3.05. The van der Waals surface area contributed by atoms with Gasteiger partial charge in [0, 0.05) is 18.8 Å². The molecule has 24 heavy (non-hydrogen) atoms. The van der Waals surface area contributed by atoms with Crippen LogP contribution in [-0.4, -0.2) is 23.0 Å². The number of hydrogen-bond donors (Lipinski definition) is 0. The Bertz CT molecular complexity index is 848. The maximum atomic E-state index is 8.76. The largest absolute Gasteiger partial charge is 0.490 e. The van der Waals surface area contributed by atoms with Gasteiger partial charge in [-0.05, 0) is 42.5 Å². The maximum Gasteiger partial charge on any atom is 0.122 e. The second-order valence-electron chi connectivity index (χ2n) is 5.20. The number of benzene rings is 2. The van der Waals surface area contributed by atoms with E-state index in [2.05, 4.69) is 11.2 Å². The maximum absolute atomic E-state index is 8.76. The highest BCUT2D eigenvalue weighted by Gasteiger charge is 2.04. The summed E-state index contributed by atoms with van der Waals surface area (Å²) in [6.07, 6.45) is 1.77. The van der Waals surface area contributed by atoms with E-state index in [0.717, 1.165) is 22.8 Å². The average molecular weight is 319 g/mol. The van der Waals surface area contributed by atoms with Gasteiger partial charge in [-0.25, -0.2) is 0 Å². The molecule has 1 heterocycles. The molecule has 5 nitrogen and oxygen atoms in total. The van der Waals surface area contributed by atoms with Gasteiger partial charge in [-0.15, -0.1) is 0 Å². The lowest BCUT2D eigenvalue weighted by Crippen LogP contribution is -2.09. The standard InChI is InChI=1S/C19H17N3O2/c1-22-19(9-10-21-22)16-3-2-4-18(13-16)24-12-11-23-17-7-5-15(14-20)6-8-17/h2-10,13H,11-12H2,1H3. The highest BCUT2D eigenvalue weighted by molar-refractivity contribution is 5.61. The van der Waals surface area contributed by atoms with Gasteiger partial charge in [0.1, 0.15) is 24.7 Å². The Labute approximate surface area is 140 Å². The lowest BCUT2D eigenvalue weighted by atomic mass is 10.1. The van der Waals surface area contributed by atoms with Crippen LogP contribution < -0.4 is 9.47 Å². The fraction of sp³-hybridized carbons (Fsp3) is 0.158.